The van der Waals surface area contributed by atoms with Crippen molar-refractivity contribution in [1.29, 1.82) is 0 Å². The van der Waals surface area contributed by atoms with Crippen LogP contribution in [0.1, 0.15) is 6.92 Å². The first kappa shape index (κ1) is 14.8. The number of hydrogen-bond acceptors (Lipinski definition) is 2. The van der Waals surface area contributed by atoms with Crippen LogP contribution in [0.3, 0.4) is 0 Å². The molecule has 1 N–H and O–H groups in total. The van der Waals surface area contributed by atoms with Crippen LogP contribution in [0.25, 0.3) is 0 Å². The highest BCUT2D eigenvalue weighted by Crippen LogP contribution is 2.60. The maximum absolute atomic E-state index is 11.7. The molecule has 0 saturated carbocycles. The number of ether oxygens (including phenoxy) is 1. The summed E-state index contributed by atoms with van der Waals surface area (Å²) in [5.74, 6) is -5.69. The molecule has 1 aliphatic heterocycles. The zero-order valence-electron chi connectivity index (χ0n) is 7.74. The van der Waals surface area contributed by atoms with Crippen LogP contribution in [0.5, 0.6) is 0 Å². The van der Waals surface area contributed by atoms with Crippen LogP contribution in [-0.2, 0) is 9.53 Å². The predicted octanol–water partition coefficient (Wildman–Crippen LogP) is 2.48. The highest BCUT2D eigenvalue weighted by atomic mass is 19.4. The third-order valence-electron chi connectivity index (χ3n) is 1.33. The standard InChI is InChI=1S/C4H6O2.C3F6O/c1-3(2)4(5)6;4-1(2(5,6)7)3(8,9)10-1/h1H2,2H3,(H,5,6);. The number of alkyl halides is 6. The molecule has 0 aliphatic carbocycles. The van der Waals surface area contributed by atoms with Gasteiger partial charge in [-0.05, 0) is 6.92 Å². The molecule has 16 heavy (non-hydrogen) atoms. The normalized spacial score (nSPS) is 26.4. The van der Waals surface area contributed by atoms with Crippen LogP contribution >= 0.6 is 0 Å². The van der Waals surface area contributed by atoms with E-state index in [1.165, 1.54) is 6.92 Å². The van der Waals surface area contributed by atoms with E-state index in [4.69, 9.17) is 5.11 Å². The third-order valence-corrected chi connectivity index (χ3v) is 1.33. The Morgan fingerprint density at radius 2 is 1.56 bits per heavy atom. The molecule has 0 bridgehead atoms. The molecule has 1 atom stereocenters. The fraction of sp³-hybridized carbons (Fsp3) is 0.571. The van der Waals surface area contributed by atoms with Crippen LogP contribution in [0.15, 0.2) is 12.2 Å². The van der Waals surface area contributed by atoms with Gasteiger partial charge < -0.3 is 5.11 Å². The van der Waals surface area contributed by atoms with Crippen LogP contribution < -0.4 is 0 Å². The van der Waals surface area contributed by atoms with Crippen LogP contribution in [0.4, 0.5) is 26.3 Å². The lowest BCUT2D eigenvalue weighted by molar-refractivity contribution is -0.231. The van der Waals surface area contributed by atoms with Crippen molar-refractivity contribution >= 4 is 5.97 Å². The molecule has 3 nitrogen and oxygen atoms in total. The van der Waals surface area contributed by atoms with E-state index in [9.17, 15) is 31.1 Å². The summed E-state index contributed by atoms with van der Waals surface area (Å²) in [6.07, 6.45) is -10.4. The van der Waals surface area contributed by atoms with E-state index in [1.807, 2.05) is 0 Å². The van der Waals surface area contributed by atoms with Crippen molar-refractivity contribution in [3.05, 3.63) is 12.2 Å². The SMILES string of the molecule is C=C(C)C(=O)O.FC(F)(F)C1(F)OC1(F)F. The number of hydrogen-bond donors (Lipinski definition) is 1. The molecule has 1 heterocycles. The summed E-state index contributed by atoms with van der Waals surface area (Å²) in [4.78, 5) is 9.60. The molecule has 0 aromatic carbocycles. The largest absolute Gasteiger partial charge is 0.478 e. The second-order valence-electron chi connectivity index (χ2n) is 2.80. The highest BCUT2D eigenvalue weighted by Gasteiger charge is 2.90. The Balaban J connectivity index is 0.000000325. The Morgan fingerprint density at radius 1 is 1.31 bits per heavy atom. The lowest BCUT2D eigenvalue weighted by atomic mass is 10.4. The van der Waals surface area contributed by atoms with Crippen LogP contribution in [-0.4, -0.2) is 29.2 Å². The molecule has 9 heteroatoms. The Labute approximate surface area is 85.3 Å². The van der Waals surface area contributed by atoms with Gasteiger partial charge >= 0.3 is 24.1 Å². The van der Waals surface area contributed by atoms with E-state index in [0.29, 0.717) is 0 Å². The summed E-state index contributed by atoms with van der Waals surface area (Å²) in [6, 6.07) is 0. The maximum Gasteiger partial charge on any atom is 0.458 e. The van der Waals surface area contributed by atoms with Crippen molar-refractivity contribution < 1.29 is 41.0 Å². The van der Waals surface area contributed by atoms with Crippen LogP contribution in [0, 0.1) is 0 Å². The molecule has 1 fully saturated rings. The van der Waals surface area contributed by atoms with Gasteiger partial charge in [-0.25, -0.2) is 4.79 Å². The topological polar surface area (TPSA) is 49.8 Å². The van der Waals surface area contributed by atoms with Gasteiger partial charge in [-0.15, -0.1) is 0 Å². The monoisotopic (exact) mass is 252 g/mol. The van der Waals surface area contributed by atoms with Crippen molar-refractivity contribution in [2.75, 3.05) is 0 Å². The summed E-state index contributed by atoms with van der Waals surface area (Å²) >= 11 is 0. The quantitative estimate of drug-likeness (QED) is 0.443. The van der Waals surface area contributed by atoms with E-state index in [2.05, 4.69) is 11.3 Å². The maximum atomic E-state index is 11.7. The minimum Gasteiger partial charge on any atom is -0.478 e. The third kappa shape index (κ3) is 2.87. The lowest BCUT2D eigenvalue weighted by Gasteiger charge is -2.04. The zero-order valence-corrected chi connectivity index (χ0v) is 7.74. The summed E-state index contributed by atoms with van der Waals surface area (Å²) in [5, 5.41) is 7.89. The van der Waals surface area contributed by atoms with Gasteiger partial charge in [0.25, 0.3) is 0 Å². The van der Waals surface area contributed by atoms with Crippen molar-refractivity contribution in [1.82, 2.24) is 0 Å². The number of halogens is 6. The predicted molar refractivity (Wildman–Crippen MR) is 38.4 cm³/mol. The number of aliphatic carboxylic acids is 1. The van der Waals surface area contributed by atoms with E-state index >= 15 is 0 Å². The first-order valence-corrected chi connectivity index (χ1v) is 3.57. The second kappa shape index (κ2) is 3.96. The average molecular weight is 252 g/mol. The first-order chi connectivity index (χ1) is 6.85. The van der Waals surface area contributed by atoms with Gasteiger partial charge in [-0.1, -0.05) is 6.58 Å². The number of epoxide rings is 1. The summed E-state index contributed by atoms with van der Waals surface area (Å²) in [6.45, 7) is 4.60. The fourth-order valence-corrected chi connectivity index (χ4v) is 0.374. The summed E-state index contributed by atoms with van der Waals surface area (Å²) in [7, 11) is 0. The minimum atomic E-state index is -5.66. The Hall–Kier alpha value is -1.25. The molecule has 0 radical (unpaired) electrons. The van der Waals surface area contributed by atoms with E-state index < -0.39 is 24.1 Å². The fourth-order valence-electron chi connectivity index (χ4n) is 0.374. The second-order valence-corrected chi connectivity index (χ2v) is 2.80. The van der Waals surface area contributed by atoms with Gasteiger partial charge in [0, 0.05) is 5.57 Å². The Kier molecular flexibility index (Phi) is 3.65. The zero-order chi connectivity index (χ0) is 13.4. The Bertz CT molecular complexity index is 298. The van der Waals surface area contributed by atoms with Crippen molar-refractivity contribution in [3.8, 4) is 0 Å². The molecule has 1 aliphatic rings. The summed E-state index contributed by atoms with van der Waals surface area (Å²) in [5.41, 5.74) is 0.176. The van der Waals surface area contributed by atoms with Gasteiger partial charge in [-0.2, -0.15) is 26.3 Å². The summed E-state index contributed by atoms with van der Waals surface area (Å²) < 4.78 is 70.4. The van der Waals surface area contributed by atoms with Gasteiger partial charge in [0.15, 0.2) is 0 Å². The van der Waals surface area contributed by atoms with E-state index in [0.717, 1.165) is 0 Å². The molecule has 1 saturated heterocycles. The number of carboxylic acid groups (broad SMARTS) is 1. The van der Waals surface area contributed by atoms with E-state index in [1.54, 1.807) is 0 Å². The average Bonchev–Trinajstić information content (AvgIpc) is 2.52. The smallest absolute Gasteiger partial charge is 0.458 e. The van der Waals surface area contributed by atoms with Crippen molar-refractivity contribution in [3.63, 3.8) is 0 Å². The van der Waals surface area contributed by atoms with Gasteiger partial charge in [0.2, 0.25) is 0 Å². The molecule has 0 amide bonds. The van der Waals surface area contributed by atoms with Gasteiger partial charge in [0.05, 0.1) is 0 Å². The molecule has 0 aromatic rings. The van der Waals surface area contributed by atoms with Crippen molar-refractivity contribution in [2.45, 2.75) is 25.1 Å². The molecular weight excluding hydrogens is 246 g/mol. The van der Waals surface area contributed by atoms with E-state index in [-0.39, 0.29) is 5.57 Å². The number of carbonyl (C=O) groups is 1. The lowest BCUT2D eigenvalue weighted by Crippen LogP contribution is -2.32. The number of rotatable bonds is 1. The Morgan fingerprint density at radius 3 is 1.56 bits per heavy atom. The molecule has 94 valence electrons. The molecular formula is C7H6F6O3. The molecule has 0 aromatic heterocycles. The molecule has 0 spiro atoms. The van der Waals surface area contributed by atoms with Gasteiger partial charge in [0.1, 0.15) is 0 Å². The molecule has 1 rings (SSSR count). The highest BCUT2D eigenvalue weighted by molar-refractivity contribution is 5.84. The van der Waals surface area contributed by atoms with Crippen LogP contribution in [0.2, 0.25) is 0 Å². The first-order valence-electron chi connectivity index (χ1n) is 3.57. The van der Waals surface area contributed by atoms with Gasteiger partial charge in [-0.3, -0.25) is 4.74 Å². The van der Waals surface area contributed by atoms with Crippen molar-refractivity contribution in [2.24, 2.45) is 0 Å². The number of carboxylic acids is 1. The molecule has 1 unspecified atom stereocenters. The minimum absolute atomic E-state index is 0.176.